The number of benzene rings is 2. The Kier molecular flexibility index (Phi) is 8.02. The molecule has 2 atom stereocenters. The molecule has 0 aliphatic carbocycles. The molecule has 0 saturated carbocycles. The maximum Gasteiger partial charge on any atom is 0.328 e. The van der Waals surface area contributed by atoms with Crippen LogP contribution in [0.25, 0.3) is 0 Å². The first-order valence-electron chi connectivity index (χ1n) is 8.89. The second-order valence-corrected chi connectivity index (χ2v) is 6.16. The van der Waals surface area contributed by atoms with E-state index < -0.39 is 29.9 Å². The molecule has 2 N–H and O–H groups in total. The summed E-state index contributed by atoms with van der Waals surface area (Å²) in [4.78, 5) is 36.4. The molecule has 0 fully saturated rings. The van der Waals surface area contributed by atoms with Crippen LogP contribution in [0.15, 0.2) is 60.7 Å². The fourth-order valence-electron chi connectivity index (χ4n) is 2.50. The van der Waals surface area contributed by atoms with Crippen LogP contribution in [0.3, 0.4) is 0 Å². The van der Waals surface area contributed by atoms with Crippen LogP contribution in [-0.4, -0.2) is 43.6 Å². The number of hydrogen-bond donors (Lipinski definition) is 2. The van der Waals surface area contributed by atoms with Gasteiger partial charge in [-0.15, -0.1) is 0 Å². The number of methoxy groups -OCH3 is 1. The molecule has 2 aromatic rings. The number of carbonyl (C=O) groups is 3. The van der Waals surface area contributed by atoms with Crippen molar-refractivity contribution in [3.8, 4) is 5.75 Å². The number of para-hydroxylation sites is 1. The average molecular weight is 384 g/mol. The molecule has 0 bridgehead atoms. The Bertz CT molecular complexity index is 780. The van der Waals surface area contributed by atoms with Gasteiger partial charge in [-0.2, -0.15) is 0 Å². The molecule has 2 rings (SSSR count). The smallest absolute Gasteiger partial charge is 0.328 e. The quantitative estimate of drug-likeness (QED) is 0.639. The lowest BCUT2D eigenvalue weighted by atomic mass is 10.1. The number of ether oxygens (including phenoxy) is 2. The lowest BCUT2D eigenvalue weighted by molar-refractivity contribution is -0.145. The SMILES string of the molecule is COC(=O)[C@H](Cc1ccccc1)NC(=O)C(C)NC(=O)COc1ccccc1. The van der Waals surface area contributed by atoms with Crippen LogP contribution in [0, 0.1) is 0 Å². The summed E-state index contributed by atoms with van der Waals surface area (Å²) in [5.41, 5.74) is 0.881. The minimum absolute atomic E-state index is 0.216. The molecule has 1 unspecified atom stereocenters. The highest BCUT2D eigenvalue weighted by Crippen LogP contribution is 2.08. The van der Waals surface area contributed by atoms with Gasteiger partial charge in [0.2, 0.25) is 5.91 Å². The van der Waals surface area contributed by atoms with Crippen LogP contribution in [0.2, 0.25) is 0 Å². The first-order chi connectivity index (χ1) is 13.5. The van der Waals surface area contributed by atoms with Crippen LogP contribution in [-0.2, 0) is 25.5 Å². The Morgan fingerprint density at radius 2 is 1.54 bits per heavy atom. The van der Waals surface area contributed by atoms with Gasteiger partial charge in [0.25, 0.3) is 5.91 Å². The van der Waals surface area contributed by atoms with E-state index in [0.29, 0.717) is 5.75 Å². The molecule has 7 nitrogen and oxygen atoms in total. The summed E-state index contributed by atoms with van der Waals surface area (Å²) >= 11 is 0. The summed E-state index contributed by atoms with van der Waals surface area (Å²) < 4.78 is 10.1. The standard InChI is InChI=1S/C21H24N2O5/c1-15(22-19(24)14-28-17-11-7-4-8-12-17)20(25)23-18(21(26)27-2)13-16-9-5-3-6-10-16/h3-12,15,18H,13-14H2,1-2H3,(H,22,24)(H,23,25)/t15?,18-/m0/s1. The van der Waals surface area contributed by atoms with Crippen molar-refractivity contribution < 1.29 is 23.9 Å². The minimum atomic E-state index is -0.847. The van der Waals surface area contributed by atoms with Crippen LogP contribution in [0.5, 0.6) is 5.75 Å². The zero-order chi connectivity index (χ0) is 20.4. The van der Waals surface area contributed by atoms with Crippen LogP contribution in [0.4, 0.5) is 0 Å². The van der Waals surface area contributed by atoms with Gasteiger partial charge < -0.3 is 20.1 Å². The molecule has 0 saturated heterocycles. The summed E-state index contributed by atoms with van der Waals surface area (Å²) in [6, 6.07) is 16.5. The van der Waals surface area contributed by atoms with Crippen molar-refractivity contribution in [3.63, 3.8) is 0 Å². The van der Waals surface area contributed by atoms with Crippen molar-refractivity contribution in [2.24, 2.45) is 0 Å². The number of nitrogens with one attached hydrogen (secondary N) is 2. The van der Waals surface area contributed by atoms with E-state index in [4.69, 9.17) is 9.47 Å². The van der Waals surface area contributed by atoms with Gasteiger partial charge in [0.15, 0.2) is 6.61 Å². The van der Waals surface area contributed by atoms with Gasteiger partial charge in [-0.1, -0.05) is 48.5 Å². The fourth-order valence-corrected chi connectivity index (χ4v) is 2.50. The average Bonchev–Trinajstić information content (AvgIpc) is 2.72. The topological polar surface area (TPSA) is 93.7 Å². The van der Waals surface area contributed by atoms with E-state index in [-0.39, 0.29) is 13.0 Å². The lowest BCUT2D eigenvalue weighted by Crippen LogP contribution is -2.52. The predicted molar refractivity (Wildman–Crippen MR) is 104 cm³/mol. The summed E-state index contributed by atoms with van der Waals surface area (Å²) in [6.07, 6.45) is 0.289. The number of rotatable bonds is 9. The van der Waals surface area contributed by atoms with E-state index in [2.05, 4.69) is 10.6 Å². The van der Waals surface area contributed by atoms with E-state index >= 15 is 0 Å². The molecule has 2 aromatic carbocycles. The zero-order valence-electron chi connectivity index (χ0n) is 15.9. The van der Waals surface area contributed by atoms with Crippen molar-refractivity contribution in [1.82, 2.24) is 10.6 Å². The summed E-state index contributed by atoms with van der Waals surface area (Å²) in [7, 11) is 1.26. The normalized spacial score (nSPS) is 12.4. The highest BCUT2D eigenvalue weighted by atomic mass is 16.5. The van der Waals surface area contributed by atoms with Crippen LogP contribution in [0.1, 0.15) is 12.5 Å². The largest absolute Gasteiger partial charge is 0.484 e. The fraction of sp³-hybridized carbons (Fsp3) is 0.286. The molecule has 7 heteroatoms. The van der Waals surface area contributed by atoms with Gasteiger partial charge in [0.05, 0.1) is 7.11 Å². The van der Waals surface area contributed by atoms with Gasteiger partial charge >= 0.3 is 5.97 Å². The van der Waals surface area contributed by atoms with Crippen LogP contribution < -0.4 is 15.4 Å². The second kappa shape index (κ2) is 10.7. The molecule has 0 aromatic heterocycles. The number of hydrogen-bond acceptors (Lipinski definition) is 5. The monoisotopic (exact) mass is 384 g/mol. The van der Waals surface area contributed by atoms with Crippen molar-refractivity contribution in [2.45, 2.75) is 25.4 Å². The summed E-state index contributed by atoms with van der Waals surface area (Å²) in [6.45, 7) is 1.32. The first kappa shape index (κ1) is 21.0. The number of amides is 2. The molecular formula is C21H24N2O5. The molecule has 0 radical (unpaired) electrons. The third kappa shape index (κ3) is 6.75. The van der Waals surface area contributed by atoms with Gasteiger partial charge in [-0.3, -0.25) is 9.59 Å². The van der Waals surface area contributed by atoms with Crippen molar-refractivity contribution in [2.75, 3.05) is 13.7 Å². The molecular weight excluding hydrogens is 360 g/mol. The van der Waals surface area contributed by atoms with E-state index in [1.165, 1.54) is 14.0 Å². The molecule has 0 spiro atoms. The summed E-state index contributed by atoms with van der Waals surface area (Å²) in [5, 5.41) is 5.17. The van der Waals surface area contributed by atoms with Crippen molar-refractivity contribution in [1.29, 1.82) is 0 Å². The van der Waals surface area contributed by atoms with Gasteiger partial charge in [-0.05, 0) is 24.6 Å². The van der Waals surface area contributed by atoms with Gasteiger partial charge in [0, 0.05) is 6.42 Å². The first-order valence-corrected chi connectivity index (χ1v) is 8.89. The zero-order valence-corrected chi connectivity index (χ0v) is 15.9. The van der Waals surface area contributed by atoms with Crippen LogP contribution >= 0.6 is 0 Å². The minimum Gasteiger partial charge on any atom is -0.484 e. The highest BCUT2D eigenvalue weighted by Gasteiger charge is 2.25. The van der Waals surface area contributed by atoms with E-state index in [1.54, 1.807) is 24.3 Å². The number of carbonyl (C=O) groups excluding carboxylic acids is 3. The molecule has 28 heavy (non-hydrogen) atoms. The van der Waals surface area contributed by atoms with Crippen molar-refractivity contribution in [3.05, 3.63) is 66.2 Å². The molecule has 0 heterocycles. The maximum atomic E-state index is 12.4. The van der Waals surface area contributed by atoms with E-state index in [1.807, 2.05) is 36.4 Å². The molecule has 2 amide bonds. The molecule has 0 aliphatic rings. The Hall–Kier alpha value is -3.35. The number of esters is 1. The maximum absolute atomic E-state index is 12.4. The Morgan fingerprint density at radius 3 is 2.14 bits per heavy atom. The summed E-state index contributed by atoms with van der Waals surface area (Å²) in [5.74, 6) is -0.921. The van der Waals surface area contributed by atoms with E-state index in [9.17, 15) is 14.4 Å². The third-order valence-corrected chi connectivity index (χ3v) is 3.97. The Labute approximate surface area is 164 Å². The molecule has 148 valence electrons. The van der Waals surface area contributed by atoms with Gasteiger partial charge in [-0.25, -0.2) is 4.79 Å². The van der Waals surface area contributed by atoms with Gasteiger partial charge in [0.1, 0.15) is 17.8 Å². The predicted octanol–water partition coefficient (Wildman–Crippen LogP) is 1.47. The Balaban J connectivity index is 1.87. The second-order valence-electron chi connectivity index (χ2n) is 6.16. The molecule has 0 aliphatic heterocycles. The Morgan fingerprint density at radius 1 is 0.929 bits per heavy atom. The van der Waals surface area contributed by atoms with Crippen molar-refractivity contribution >= 4 is 17.8 Å². The van der Waals surface area contributed by atoms with E-state index in [0.717, 1.165) is 5.56 Å². The highest BCUT2D eigenvalue weighted by molar-refractivity contribution is 5.90. The lowest BCUT2D eigenvalue weighted by Gasteiger charge is -2.20. The third-order valence-electron chi connectivity index (χ3n) is 3.97.